The Morgan fingerprint density at radius 1 is 0.252 bits per heavy atom. The maximum atomic E-state index is 7.60. The molecule has 3 aromatic heterocycles. The minimum atomic E-state index is -0.370. The molecule has 0 fully saturated rings. The van der Waals surface area contributed by atoms with Crippen LogP contribution in [0.2, 0.25) is 0 Å². The fraction of sp³-hybridized carbons (Fsp3) is 0.0435. The largest absolute Gasteiger partial charge is 0.468 e. The molecule has 0 saturated carbocycles. The van der Waals surface area contributed by atoms with Gasteiger partial charge >= 0.3 is 0 Å². The molecule has 14 aromatic carbocycles. The molecule has 0 radical (unpaired) electrons. The van der Waals surface area contributed by atoms with E-state index < -0.39 is 0 Å². The first-order valence-electron chi connectivity index (χ1n) is 35.5. The lowest BCUT2D eigenvalue weighted by Gasteiger charge is -2.43. The summed E-state index contributed by atoms with van der Waals surface area (Å²) in [4.78, 5) is 14.8. The van der Waals surface area contributed by atoms with E-state index in [4.69, 9.17) is 13.3 Å². The Labute approximate surface area is 597 Å². The summed E-state index contributed by atoms with van der Waals surface area (Å²) in [5, 5.41) is 4.09. The Hall–Kier alpha value is -13.1. The second kappa shape index (κ2) is 22.7. The van der Waals surface area contributed by atoms with Crippen molar-refractivity contribution in [2.75, 3.05) is 29.4 Å². The zero-order valence-electron chi connectivity index (χ0n) is 57.1. The maximum Gasteiger partial charge on any atom is 0.297 e. The molecular formula is C92H64B2N6O3. The van der Waals surface area contributed by atoms with Crippen LogP contribution in [0.4, 0.5) is 102 Å². The van der Waals surface area contributed by atoms with Crippen molar-refractivity contribution in [2.24, 2.45) is 0 Å². The highest BCUT2D eigenvalue weighted by molar-refractivity contribution is 7.01. The fourth-order valence-electron chi connectivity index (χ4n) is 17.3. The number of rotatable bonds is 10. The predicted molar refractivity (Wildman–Crippen MR) is 430 cm³/mol. The summed E-state index contributed by atoms with van der Waals surface area (Å²) in [6.45, 7) is 8.11. The van der Waals surface area contributed by atoms with Gasteiger partial charge in [-0.1, -0.05) is 182 Å². The van der Waals surface area contributed by atoms with Gasteiger partial charge < -0.3 is 42.7 Å². The molecule has 0 atom stereocenters. The van der Waals surface area contributed by atoms with Crippen LogP contribution in [0.5, 0.6) is 0 Å². The second-order valence-electron chi connectivity index (χ2n) is 27.7. The van der Waals surface area contributed by atoms with Crippen LogP contribution in [-0.2, 0) is 0 Å². The summed E-state index contributed by atoms with van der Waals surface area (Å²) in [6.07, 6.45) is 0. The summed E-state index contributed by atoms with van der Waals surface area (Å²) in [7, 11) is 0. The SMILES string of the molecule is Cc1ccccc1N(c1cc2c3c(c1)N(c1ccccc1)c1c(oc4ccccc14)B3c1cc3c(cc1N2c1ccccc1)oc1cc2c(cc13)B1c3oc4ccccc4c3N(c3ccccc3)c3cc(N(c4ccccc4C)c4ccccc4C)cc(c31)N2c1ccccc1)c1ccccc1C. The molecule has 0 aliphatic carbocycles. The van der Waals surface area contributed by atoms with Crippen molar-refractivity contribution in [2.45, 2.75) is 27.7 Å². The van der Waals surface area contributed by atoms with E-state index >= 15 is 0 Å². The first-order chi connectivity index (χ1) is 50.8. The van der Waals surface area contributed by atoms with Gasteiger partial charge in [0.1, 0.15) is 22.3 Å². The molecule has 486 valence electrons. The van der Waals surface area contributed by atoms with Gasteiger partial charge in [-0.05, 0) is 193 Å². The fourth-order valence-corrected chi connectivity index (χ4v) is 17.3. The van der Waals surface area contributed by atoms with Crippen LogP contribution in [0.1, 0.15) is 22.3 Å². The van der Waals surface area contributed by atoms with Gasteiger partial charge in [0.2, 0.25) is 0 Å². The average Bonchev–Trinajstić information content (AvgIpc) is 1.68. The third-order valence-corrected chi connectivity index (χ3v) is 21.8. The van der Waals surface area contributed by atoms with Crippen LogP contribution in [-0.4, -0.2) is 13.4 Å². The number of hydrogen-bond acceptors (Lipinski definition) is 9. The summed E-state index contributed by atoms with van der Waals surface area (Å²) in [5.74, 6) is 0. The lowest BCUT2D eigenvalue weighted by Crippen LogP contribution is -2.61. The number of furan rings is 3. The number of benzene rings is 14. The molecular weight excluding hydrogens is 1260 g/mol. The summed E-state index contributed by atoms with van der Waals surface area (Å²) >= 11 is 0. The molecule has 0 saturated heterocycles. The molecule has 0 spiro atoms. The second-order valence-corrected chi connectivity index (χ2v) is 27.7. The Balaban J connectivity index is 0.861. The molecule has 4 aliphatic heterocycles. The van der Waals surface area contributed by atoms with Crippen LogP contribution >= 0.6 is 0 Å². The van der Waals surface area contributed by atoms with Gasteiger partial charge in [-0.2, -0.15) is 0 Å². The molecule has 0 amide bonds. The number of nitrogens with zero attached hydrogens (tertiary/aromatic N) is 6. The van der Waals surface area contributed by atoms with Crippen molar-refractivity contribution in [1.29, 1.82) is 0 Å². The maximum absolute atomic E-state index is 7.60. The lowest BCUT2D eigenvalue weighted by atomic mass is 9.35. The summed E-state index contributed by atoms with van der Waals surface area (Å²) < 4.78 is 22.6. The minimum Gasteiger partial charge on any atom is -0.468 e. The van der Waals surface area contributed by atoms with Gasteiger partial charge in [-0.25, -0.2) is 0 Å². The third kappa shape index (κ3) is 8.75. The molecule has 9 nitrogen and oxygen atoms in total. The van der Waals surface area contributed by atoms with Crippen molar-refractivity contribution in [1.82, 2.24) is 0 Å². The van der Waals surface area contributed by atoms with Crippen molar-refractivity contribution in [3.05, 3.63) is 338 Å². The van der Waals surface area contributed by atoms with Gasteiger partial charge in [0.15, 0.2) is 0 Å². The number of anilines is 18. The highest BCUT2D eigenvalue weighted by Crippen LogP contribution is 2.54. The predicted octanol–water partition coefficient (Wildman–Crippen LogP) is 21.4. The highest BCUT2D eigenvalue weighted by atomic mass is 16.3. The van der Waals surface area contributed by atoms with E-state index in [1.807, 2.05) is 0 Å². The van der Waals surface area contributed by atoms with Crippen LogP contribution in [0, 0.1) is 27.7 Å². The molecule has 7 heterocycles. The zero-order chi connectivity index (χ0) is 68.3. The van der Waals surface area contributed by atoms with E-state index in [2.05, 4.69) is 373 Å². The first kappa shape index (κ1) is 58.8. The molecule has 17 aromatic rings. The van der Waals surface area contributed by atoms with Crippen molar-refractivity contribution in [3.63, 3.8) is 0 Å². The van der Waals surface area contributed by atoms with Gasteiger partial charge in [-0.3, -0.25) is 0 Å². The van der Waals surface area contributed by atoms with E-state index in [0.29, 0.717) is 0 Å². The van der Waals surface area contributed by atoms with Crippen LogP contribution in [0.15, 0.2) is 329 Å². The molecule has 103 heavy (non-hydrogen) atoms. The third-order valence-electron chi connectivity index (χ3n) is 21.8. The van der Waals surface area contributed by atoms with E-state index in [0.717, 1.165) is 202 Å². The molecule has 0 unspecified atom stereocenters. The Kier molecular flexibility index (Phi) is 13.0. The van der Waals surface area contributed by atoms with E-state index in [-0.39, 0.29) is 13.4 Å². The standard InChI is InChI=1S/C92H64B2N6O3/c1-57-29-17-23-43-73(57)97(74-44-24-18-30-58(74)2)65-49-79-87-81(51-65)99(63-37-13-7-14-38-63)89-67-41-21-27-47-83(67)102-91(89)93(87)71-53-69-70-54-72-78(56-86(70)101-85(69)55-77(71)95(79)61-33-9-5-10-34-61)96(62-35-11-6-12-36-62)80-50-66(98(75-45-25-19-31-59(75)3)76-46-26-20-32-60(76)4)52-82-88(80)94(72)92-90(68-42-22-28-48-84(68)103-92)100(82)64-39-15-8-16-40-64/h5-56H,1-4H3. The van der Waals surface area contributed by atoms with Crippen LogP contribution in [0.3, 0.4) is 0 Å². The highest BCUT2D eigenvalue weighted by Gasteiger charge is 2.50. The first-order valence-corrected chi connectivity index (χ1v) is 35.5. The molecule has 4 aliphatic rings. The number of aryl methyl sites for hydroxylation is 4. The molecule has 0 N–H and O–H groups in total. The molecule has 21 rings (SSSR count). The van der Waals surface area contributed by atoms with E-state index in [1.165, 1.54) is 0 Å². The quantitative estimate of drug-likeness (QED) is 0.125. The smallest absolute Gasteiger partial charge is 0.297 e. The monoisotopic (exact) mass is 1320 g/mol. The Bertz CT molecular complexity index is 5860. The topological polar surface area (TPSA) is 58.9 Å². The van der Waals surface area contributed by atoms with Crippen molar-refractivity contribution in [3.8, 4) is 0 Å². The van der Waals surface area contributed by atoms with Gasteiger partial charge in [0, 0.05) is 113 Å². The molecule has 11 heteroatoms. The van der Waals surface area contributed by atoms with Crippen molar-refractivity contribution >= 4 is 193 Å². The average molecular weight is 1320 g/mol. The zero-order valence-corrected chi connectivity index (χ0v) is 57.1. The van der Waals surface area contributed by atoms with Crippen molar-refractivity contribution < 1.29 is 13.3 Å². The van der Waals surface area contributed by atoms with E-state index in [9.17, 15) is 0 Å². The minimum absolute atomic E-state index is 0.370. The summed E-state index contributed by atoms with van der Waals surface area (Å²) in [6, 6.07) is 115. The Morgan fingerprint density at radius 2 is 0.544 bits per heavy atom. The number of hydrogen-bond donors (Lipinski definition) is 0. The lowest BCUT2D eigenvalue weighted by molar-refractivity contribution is 0.651. The van der Waals surface area contributed by atoms with Crippen LogP contribution < -0.4 is 62.6 Å². The molecule has 0 bridgehead atoms. The van der Waals surface area contributed by atoms with Gasteiger partial charge in [0.25, 0.3) is 13.4 Å². The van der Waals surface area contributed by atoms with Gasteiger partial charge in [0.05, 0.1) is 34.1 Å². The Morgan fingerprint density at radius 3 is 0.883 bits per heavy atom. The van der Waals surface area contributed by atoms with Crippen LogP contribution in [0.25, 0.3) is 43.9 Å². The van der Waals surface area contributed by atoms with E-state index in [1.54, 1.807) is 0 Å². The normalized spacial score (nSPS) is 13.1. The summed E-state index contributed by atoms with van der Waals surface area (Å²) in [5.41, 5.74) is 32.9. The van der Waals surface area contributed by atoms with Gasteiger partial charge in [-0.15, -0.1) is 0 Å². The number of fused-ring (bicyclic) bond motifs is 15. The number of para-hydroxylation sites is 10.